The van der Waals surface area contributed by atoms with Gasteiger partial charge >= 0.3 is 6.18 Å². The molecular weight excluding hydrogens is 1370 g/mol. The average molecular weight is 1490 g/mol. The first-order chi connectivity index (χ1) is 48.7. The van der Waals surface area contributed by atoms with E-state index in [9.17, 15) is 46.7 Å². The average Bonchev–Trinajstić information content (AvgIpc) is 1.14. The van der Waals surface area contributed by atoms with Crippen LogP contribution in [0.4, 0.5) is 13.2 Å². The molecule has 0 aromatic heterocycles. The molecule has 3 aliphatic carbocycles. The van der Waals surface area contributed by atoms with Crippen molar-refractivity contribution in [3.05, 3.63) is 0 Å². The van der Waals surface area contributed by atoms with Crippen molar-refractivity contribution in [2.45, 2.75) is 268 Å². The zero-order valence-electron chi connectivity index (χ0n) is 65.2. The Morgan fingerprint density at radius 3 is 1.74 bits per heavy atom. The van der Waals surface area contributed by atoms with E-state index in [0.29, 0.717) is 57.5 Å². The molecule has 590 valence electrons. The van der Waals surface area contributed by atoms with Crippen molar-refractivity contribution in [1.82, 2.24) is 65.4 Å². The van der Waals surface area contributed by atoms with Gasteiger partial charge in [-0.2, -0.15) is 13.2 Å². The minimum atomic E-state index is -4.52. The van der Waals surface area contributed by atoms with E-state index in [-0.39, 0.29) is 101 Å². The summed E-state index contributed by atoms with van der Waals surface area (Å²) in [6, 6.07) is -11.1. The van der Waals surface area contributed by atoms with Crippen LogP contribution in [0, 0.1) is 47.3 Å². The van der Waals surface area contributed by atoms with Gasteiger partial charge in [0.1, 0.15) is 59.9 Å². The molecule has 4 N–H and O–H groups in total. The van der Waals surface area contributed by atoms with Gasteiger partial charge in [0, 0.05) is 75.4 Å². The Hall–Kier alpha value is -6.32. The van der Waals surface area contributed by atoms with E-state index < -0.39 is 173 Å². The summed E-state index contributed by atoms with van der Waals surface area (Å²) in [7, 11) is 13.0. The maximum absolute atomic E-state index is 15.7. The standard InChI is InChI=1S/C75H125ClF3N13O12/c1-18-46(6)62-71(102)86(12)48(8)66(97)92-37-32-55(92)70(101)89(15)58(41-50-24-22-45(5)23-25-50)69(100)85(11)43-60(93)81-54(29-27-49-26-28-52(53(76)39-49)75(77,78)79)67(98)88(14)57(40-51-30-35-80-36-31-51)65(96)83-74(33-20-21-34-74)73(104)91(17)63(47(7)19-2)72(103)90(16)59(68(99)84(9)10)42-61(94)87(13)56(38-44(3)4)64(95)82-62/h44-59,62-63,80H,18-43H2,1-17H3,(H,81,93)(H,82,95)(H,83,96)/t45?,46-,47-,48-,49?,50?,52?,53?,54-,55-,56-,57-,58-,59-,62-,63-/m0/s1. The first kappa shape index (κ1) is 86.6. The summed E-state index contributed by atoms with van der Waals surface area (Å²) in [6.45, 7) is 15.4. The zero-order chi connectivity index (χ0) is 77.7. The van der Waals surface area contributed by atoms with Crippen LogP contribution in [0.5, 0.6) is 0 Å². The molecule has 0 aromatic rings. The summed E-state index contributed by atoms with van der Waals surface area (Å²) in [4.78, 5) is 193. The van der Waals surface area contributed by atoms with E-state index in [1.54, 1.807) is 13.8 Å². The monoisotopic (exact) mass is 1490 g/mol. The molecule has 0 radical (unpaired) electrons. The molecule has 25 nitrogen and oxygen atoms in total. The van der Waals surface area contributed by atoms with Gasteiger partial charge in [-0.25, -0.2) is 0 Å². The van der Waals surface area contributed by atoms with Crippen LogP contribution in [0.25, 0.3) is 0 Å². The van der Waals surface area contributed by atoms with E-state index >= 15 is 24.0 Å². The van der Waals surface area contributed by atoms with E-state index in [1.165, 1.54) is 110 Å². The maximum atomic E-state index is 15.7. The largest absolute Gasteiger partial charge is 0.393 e. The second-order valence-electron chi connectivity index (χ2n) is 32.4. The molecule has 0 bridgehead atoms. The fourth-order valence-electron chi connectivity index (χ4n) is 16.5. The molecular formula is C75H125ClF3N13O12. The fourth-order valence-corrected chi connectivity index (χ4v) is 17.0. The molecule has 0 aromatic carbocycles. The summed E-state index contributed by atoms with van der Waals surface area (Å²) < 4.78 is 42.4. The SMILES string of the molecule is CC[C@H](C)[C@@H]1NC(=O)[C@H](CC(C)C)N(C)C(=O)C[C@@H](C(=O)N(C)C)N(C)C(=O)[C@H]([C@@H](C)CC)N(C)C(=O)C2(CCCC2)NC(=O)[C@H](CC2CCNCC2)N(C)C(=O)[C@H](CCC2CCC(C(F)(F)F)C(Cl)C2)NC(=O)CN(C)C(=O)[C@H](CC2CCC(C)CC2)N(C)C(=O)[C@@H]2CCN2C(=O)[C@H](C)N(C)C1=O. The van der Waals surface area contributed by atoms with E-state index in [4.69, 9.17) is 11.6 Å². The number of carbonyl (C=O) groups is 12. The van der Waals surface area contributed by atoms with Gasteiger partial charge in [0.25, 0.3) is 0 Å². The molecule has 6 rings (SSSR count). The minimum absolute atomic E-state index is 0.00989. The number of fused-ring (bicyclic) bond motifs is 1. The van der Waals surface area contributed by atoms with Crippen LogP contribution in [0.2, 0.25) is 0 Å². The van der Waals surface area contributed by atoms with Gasteiger partial charge < -0.3 is 65.4 Å². The van der Waals surface area contributed by atoms with Gasteiger partial charge in [0.05, 0.1) is 18.9 Å². The number of nitrogens with zero attached hydrogens (tertiary/aromatic N) is 9. The third kappa shape index (κ3) is 21.3. The summed E-state index contributed by atoms with van der Waals surface area (Å²) >= 11 is 6.46. The van der Waals surface area contributed by atoms with Crippen LogP contribution < -0.4 is 21.3 Å². The van der Waals surface area contributed by atoms with Gasteiger partial charge in [0.2, 0.25) is 70.9 Å². The van der Waals surface area contributed by atoms with Crippen molar-refractivity contribution in [3.8, 4) is 0 Å². The van der Waals surface area contributed by atoms with E-state index in [0.717, 1.165) is 30.6 Å². The number of hydrogen-bond donors (Lipinski definition) is 4. The predicted octanol–water partition coefficient (Wildman–Crippen LogP) is 6.03. The maximum Gasteiger partial charge on any atom is 0.393 e. The Labute approximate surface area is 620 Å². The highest BCUT2D eigenvalue weighted by molar-refractivity contribution is 6.21. The highest BCUT2D eigenvalue weighted by Crippen LogP contribution is 2.44. The second-order valence-corrected chi connectivity index (χ2v) is 32.9. The Kier molecular flexibility index (Phi) is 31.6. The number of alkyl halides is 4. The first-order valence-corrected chi connectivity index (χ1v) is 38.8. The molecule has 3 saturated heterocycles. The molecule has 6 aliphatic rings. The van der Waals surface area contributed by atoms with Crippen LogP contribution in [-0.2, 0) is 57.5 Å². The number of hydrogen-bond acceptors (Lipinski definition) is 13. The van der Waals surface area contributed by atoms with Gasteiger partial charge in [-0.3, -0.25) is 57.5 Å². The second kappa shape index (κ2) is 38.0. The van der Waals surface area contributed by atoms with Crippen molar-refractivity contribution < 1.29 is 70.7 Å². The van der Waals surface area contributed by atoms with Gasteiger partial charge in [0.15, 0.2) is 0 Å². The highest BCUT2D eigenvalue weighted by atomic mass is 35.5. The van der Waals surface area contributed by atoms with Crippen LogP contribution in [0.1, 0.15) is 197 Å². The fraction of sp³-hybridized carbons (Fsp3) is 0.840. The third-order valence-electron chi connectivity index (χ3n) is 24.3. The molecule has 6 fully saturated rings. The number of amides is 12. The smallest absolute Gasteiger partial charge is 0.347 e. The first-order valence-electron chi connectivity index (χ1n) is 38.4. The lowest BCUT2D eigenvalue weighted by Gasteiger charge is -2.45. The number of likely N-dealkylation sites (N-methyl/N-ethyl adjacent to an activating group) is 8. The van der Waals surface area contributed by atoms with Crippen molar-refractivity contribution in [3.63, 3.8) is 0 Å². The topological polar surface area (TPSA) is 282 Å². The van der Waals surface area contributed by atoms with Crippen molar-refractivity contribution in [1.29, 1.82) is 0 Å². The molecule has 14 atom stereocenters. The molecule has 12 amide bonds. The number of piperidine rings is 1. The molecule has 3 saturated carbocycles. The van der Waals surface area contributed by atoms with Crippen molar-refractivity contribution in [2.75, 3.05) is 89.6 Å². The molecule has 104 heavy (non-hydrogen) atoms. The number of carbonyl (C=O) groups excluding carboxylic acids is 12. The van der Waals surface area contributed by atoms with Gasteiger partial charge in [-0.05, 0) is 145 Å². The number of nitrogens with one attached hydrogen (secondary N) is 4. The normalized spacial score (nSPS) is 31.4. The Morgan fingerprint density at radius 2 is 1.19 bits per heavy atom. The number of rotatable bonds is 14. The molecule has 3 unspecified atom stereocenters. The number of halogens is 4. The minimum Gasteiger partial charge on any atom is -0.347 e. The Morgan fingerprint density at radius 1 is 0.615 bits per heavy atom. The van der Waals surface area contributed by atoms with Gasteiger partial charge in [-0.15, -0.1) is 11.6 Å². The summed E-state index contributed by atoms with van der Waals surface area (Å²) in [5.74, 6) is -10.8. The predicted molar refractivity (Wildman–Crippen MR) is 389 cm³/mol. The van der Waals surface area contributed by atoms with Crippen LogP contribution in [-0.4, -0.2) is 276 Å². The lowest BCUT2D eigenvalue weighted by Crippen LogP contribution is -2.65. The van der Waals surface area contributed by atoms with Crippen LogP contribution >= 0.6 is 11.6 Å². The molecule has 29 heteroatoms. The molecule has 3 aliphatic heterocycles. The Balaban J connectivity index is 1.47. The van der Waals surface area contributed by atoms with Crippen LogP contribution in [0.15, 0.2) is 0 Å². The van der Waals surface area contributed by atoms with E-state index in [2.05, 4.69) is 28.2 Å². The van der Waals surface area contributed by atoms with E-state index in [1.807, 2.05) is 27.7 Å². The Bertz CT molecular complexity index is 3020. The zero-order valence-corrected chi connectivity index (χ0v) is 66.0. The van der Waals surface area contributed by atoms with Gasteiger partial charge in [-0.1, -0.05) is 99.8 Å². The summed E-state index contributed by atoms with van der Waals surface area (Å²) in [6.07, 6.45) is 2.20. The lowest BCUT2D eigenvalue weighted by atomic mass is 9.78. The van der Waals surface area contributed by atoms with Crippen molar-refractivity contribution >= 4 is 82.5 Å². The highest BCUT2D eigenvalue weighted by Gasteiger charge is 2.52. The molecule has 3 heterocycles. The lowest BCUT2D eigenvalue weighted by molar-refractivity contribution is -0.182. The van der Waals surface area contributed by atoms with Crippen molar-refractivity contribution in [2.24, 2.45) is 47.3 Å². The molecule has 1 spiro atoms. The third-order valence-corrected chi connectivity index (χ3v) is 24.8. The summed E-state index contributed by atoms with van der Waals surface area (Å²) in [5.41, 5.74) is -1.61. The van der Waals surface area contributed by atoms with Crippen LogP contribution in [0.3, 0.4) is 0 Å². The summed E-state index contributed by atoms with van der Waals surface area (Å²) in [5, 5.41) is 11.0. The quantitative estimate of drug-likeness (QED) is 0.145.